The van der Waals surface area contributed by atoms with Crippen LogP contribution in [0, 0.1) is 0 Å². The standard InChI is InChI=1S/C14H21NO4/c1-3-18-13-7-5-11(6-8-13)15-10-12(16)9-14(17)19-4-2/h5-8,12,15-16H,3-4,9-10H2,1-2H3. The van der Waals surface area contributed by atoms with Crippen molar-refractivity contribution in [3.05, 3.63) is 24.3 Å². The molecular weight excluding hydrogens is 246 g/mol. The second-order valence-corrected chi connectivity index (χ2v) is 4.00. The monoisotopic (exact) mass is 267 g/mol. The molecule has 1 atom stereocenters. The minimum absolute atomic E-state index is 0.00211. The molecule has 0 fully saturated rings. The summed E-state index contributed by atoms with van der Waals surface area (Å²) in [5.41, 5.74) is 0.867. The van der Waals surface area contributed by atoms with E-state index in [9.17, 15) is 9.90 Å². The molecule has 1 rings (SSSR count). The van der Waals surface area contributed by atoms with E-state index in [1.54, 1.807) is 6.92 Å². The quantitative estimate of drug-likeness (QED) is 0.703. The molecule has 0 saturated carbocycles. The molecule has 0 amide bonds. The van der Waals surface area contributed by atoms with Crippen LogP contribution in [0.15, 0.2) is 24.3 Å². The molecule has 0 aliphatic heterocycles. The maximum atomic E-state index is 11.2. The molecule has 1 unspecified atom stereocenters. The second-order valence-electron chi connectivity index (χ2n) is 4.00. The first-order valence-electron chi connectivity index (χ1n) is 6.46. The second kappa shape index (κ2) is 8.37. The van der Waals surface area contributed by atoms with Crippen molar-refractivity contribution in [2.24, 2.45) is 0 Å². The largest absolute Gasteiger partial charge is 0.494 e. The van der Waals surface area contributed by atoms with E-state index in [4.69, 9.17) is 9.47 Å². The number of anilines is 1. The molecule has 0 aliphatic rings. The summed E-state index contributed by atoms with van der Waals surface area (Å²) in [6.45, 7) is 4.93. The summed E-state index contributed by atoms with van der Waals surface area (Å²) in [6, 6.07) is 7.43. The molecule has 0 bridgehead atoms. The zero-order valence-corrected chi connectivity index (χ0v) is 11.4. The lowest BCUT2D eigenvalue weighted by atomic mass is 10.2. The van der Waals surface area contributed by atoms with Crippen LogP contribution < -0.4 is 10.1 Å². The summed E-state index contributed by atoms with van der Waals surface area (Å²) in [4.78, 5) is 11.2. The van der Waals surface area contributed by atoms with Crippen LogP contribution in [-0.2, 0) is 9.53 Å². The van der Waals surface area contributed by atoms with Gasteiger partial charge in [0.1, 0.15) is 5.75 Å². The Morgan fingerprint density at radius 1 is 1.26 bits per heavy atom. The van der Waals surface area contributed by atoms with Crippen molar-refractivity contribution in [3.63, 3.8) is 0 Å². The van der Waals surface area contributed by atoms with Gasteiger partial charge in [0.25, 0.3) is 0 Å². The van der Waals surface area contributed by atoms with E-state index in [-0.39, 0.29) is 12.4 Å². The number of esters is 1. The highest BCUT2D eigenvalue weighted by Gasteiger charge is 2.11. The lowest BCUT2D eigenvalue weighted by Crippen LogP contribution is -2.23. The van der Waals surface area contributed by atoms with Crippen LogP contribution in [0.2, 0.25) is 0 Å². The van der Waals surface area contributed by atoms with Gasteiger partial charge >= 0.3 is 5.97 Å². The maximum Gasteiger partial charge on any atom is 0.308 e. The van der Waals surface area contributed by atoms with Crippen LogP contribution >= 0.6 is 0 Å². The molecule has 5 heteroatoms. The van der Waals surface area contributed by atoms with Crippen LogP contribution in [-0.4, -0.2) is 36.9 Å². The van der Waals surface area contributed by atoms with E-state index in [0.717, 1.165) is 11.4 Å². The average molecular weight is 267 g/mol. The fraction of sp³-hybridized carbons (Fsp3) is 0.500. The Morgan fingerprint density at radius 2 is 1.95 bits per heavy atom. The van der Waals surface area contributed by atoms with Gasteiger partial charge in [0.2, 0.25) is 0 Å². The number of rotatable bonds is 8. The van der Waals surface area contributed by atoms with Gasteiger partial charge in [-0.15, -0.1) is 0 Å². The third kappa shape index (κ3) is 6.10. The van der Waals surface area contributed by atoms with Crippen LogP contribution in [0.1, 0.15) is 20.3 Å². The SMILES string of the molecule is CCOC(=O)CC(O)CNc1ccc(OCC)cc1. The van der Waals surface area contributed by atoms with Gasteiger partial charge in [-0.05, 0) is 38.1 Å². The lowest BCUT2D eigenvalue weighted by Gasteiger charge is -2.12. The van der Waals surface area contributed by atoms with Gasteiger partial charge in [-0.3, -0.25) is 4.79 Å². The van der Waals surface area contributed by atoms with Gasteiger partial charge in [0.15, 0.2) is 0 Å². The number of nitrogens with one attached hydrogen (secondary N) is 1. The molecular formula is C14H21NO4. The van der Waals surface area contributed by atoms with Crippen molar-refractivity contribution in [2.45, 2.75) is 26.4 Å². The van der Waals surface area contributed by atoms with Crippen LogP contribution in [0.4, 0.5) is 5.69 Å². The fourth-order valence-corrected chi connectivity index (χ4v) is 1.56. The van der Waals surface area contributed by atoms with Crippen molar-refractivity contribution in [3.8, 4) is 5.75 Å². The molecule has 0 spiro atoms. The lowest BCUT2D eigenvalue weighted by molar-refractivity contribution is -0.145. The topological polar surface area (TPSA) is 67.8 Å². The molecule has 1 aromatic carbocycles. The average Bonchev–Trinajstić information content (AvgIpc) is 2.38. The Labute approximate surface area is 113 Å². The number of hydrogen-bond donors (Lipinski definition) is 2. The minimum atomic E-state index is -0.759. The van der Waals surface area contributed by atoms with E-state index >= 15 is 0 Å². The summed E-state index contributed by atoms with van der Waals surface area (Å²) in [6.07, 6.45) is -0.761. The molecule has 19 heavy (non-hydrogen) atoms. The number of benzene rings is 1. The molecule has 1 aromatic rings. The molecule has 0 saturated heterocycles. The number of aliphatic hydroxyl groups is 1. The van der Waals surface area contributed by atoms with E-state index in [1.807, 2.05) is 31.2 Å². The number of carbonyl (C=O) groups is 1. The highest BCUT2D eigenvalue weighted by atomic mass is 16.5. The molecule has 106 valence electrons. The van der Waals surface area contributed by atoms with E-state index in [1.165, 1.54) is 0 Å². The number of hydrogen-bond acceptors (Lipinski definition) is 5. The first kappa shape index (κ1) is 15.3. The Hall–Kier alpha value is -1.75. The first-order valence-corrected chi connectivity index (χ1v) is 6.46. The Balaban J connectivity index is 2.33. The predicted molar refractivity (Wildman–Crippen MR) is 73.4 cm³/mol. The summed E-state index contributed by atoms with van der Waals surface area (Å²) >= 11 is 0. The van der Waals surface area contributed by atoms with Gasteiger partial charge in [-0.2, -0.15) is 0 Å². The summed E-state index contributed by atoms with van der Waals surface area (Å²) in [5.74, 6) is 0.420. The van der Waals surface area contributed by atoms with Crippen LogP contribution in [0.3, 0.4) is 0 Å². The molecule has 0 heterocycles. The smallest absolute Gasteiger partial charge is 0.308 e. The molecule has 2 N–H and O–H groups in total. The Morgan fingerprint density at radius 3 is 2.53 bits per heavy atom. The van der Waals surface area contributed by atoms with Crippen molar-refractivity contribution in [1.29, 1.82) is 0 Å². The molecule has 0 aromatic heterocycles. The van der Waals surface area contributed by atoms with E-state index in [0.29, 0.717) is 19.8 Å². The van der Waals surface area contributed by atoms with Gasteiger partial charge in [-0.25, -0.2) is 0 Å². The third-order valence-electron chi connectivity index (χ3n) is 2.41. The number of aliphatic hydroxyl groups excluding tert-OH is 1. The normalized spacial score (nSPS) is 11.7. The van der Waals surface area contributed by atoms with E-state index < -0.39 is 6.10 Å². The number of ether oxygens (including phenoxy) is 2. The van der Waals surface area contributed by atoms with Crippen molar-refractivity contribution >= 4 is 11.7 Å². The maximum absolute atomic E-state index is 11.2. The Bertz CT molecular complexity index is 378. The fourth-order valence-electron chi connectivity index (χ4n) is 1.56. The molecule has 0 radical (unpaired) electrons. The third-order valence-corrected chi connectivity index (χ3v) is 2.41. The predicted octanol–water partition coefficient (Wildman–Crippen LogP) is 1.81. The zero-order chi connectivity index (χ0) is 14.1. The van der Waals surface area contributed by atoms with Crippen molar-refractivity contribution < 1.29 is 19.4 Å². The van der Waals surface area contributed by atoms with Crippen molar-refractivity contribution in [2.75, 3.05) is 25.1 Å². The summed E-state index contributed by atoms with van der Waals surface area (Å²) in [5, 5.41) is 12.7. The van der Waals surface area contributed by atoms with Crippen LogP contribution in [0.25, 0.3) is 0 Å². The summed E-state index contributed by atoms with van der Waals surface area (Å²) < 4.78 is 10.1. The summed E-state index contributed by atoms with van der Waals surface area (Å²) in [7, 11) is 0. The molecule has 5 nitrogen and oxygen atoms in total. The van der Waals surface area contributed by atoms with Gasteiger partial charge < -0.3 is 19.9 Å². The van der Waals surface area contributed by atoms with Gasteiger partial charge in [0.05, 0.1) is 25.7 Å². The van der Waals surface area contributed by atoms with Gasteiger partial charge in [-0.1, -0.05) is 0 Å². The van der Waals surface area contributed by atoms with Crippen LogP contribution in [0.5, 0.6) is 5.75 Å². The van der Waals surface area contributed by atoms with Crippen molar-refractivity contribution in [1.82, 2.24) is 0 Å². The van der Waals surface area contributed by atoms with E-state index in [2.05, 4.69) is 5.32 Å². The minimum Gasteiger partial charge on any atom is -0.494 e. The first-order chi connectivity index (χ1) is 9.15. The Kier molecular flexibility index (Phi) is 6.74. The highest BCUT2D eigenvalue weighted by molar-refractivity contribution is 5.70. The zero-order valence-electron chi connectivity index (χ0n) is 11.4. The van der Waals surface area contributed by atoms with Gasteiger partial charge in [0, 0.05) is 12.2 Å². The highest BCUT2D eigenvalue weighted by Crippen LogP contribution is 2.15. The molecule has 0 aliphatic carbocycles. The number of carbonyl (C=O) groups excluding carboxylic acids is 1.